The van der Waals surface area contributed by atoms with Crippen molar-refractivity contribution in [1.82, 2.24) is 9.80 Å². The molecule has 6 nitrogen and oxygen atoms in total. The van der Waals surface area contributed by atoms with Crippen LogP contribution in [0.3, 0.4) is 0 Å². The van der Waals surface area contributed by atoms with E-state index in [1.165, 1.54) is 0 Å². The lowest BCUT2D eigenvalue weighted by Crippen LogP contribution is -2.40. The Hall–Kier alpha value is -0.550. The number of phosphoric acid groups is 1. The maximum Gasteiger partial charge on any atom is 0.478 e. The fraction of sp³-hybridized carbons (Fsp3) is 0.857. The van der Waals surface area contributed by atoms with E-state index in [9.17, 15) is 4.57 Å². The second-order valence-corrected chi connectivity index (χ2v) is 6.41. The van der Waals surface area contributed by atoms with Crippen molar-refractivity contribution in [2.24, 2.45) is 0 Å². The lowest BCUT2D eigenvalue weighted by Gasteiger charge is -2.33. The van der Waals surface area contributed by atoms with E-state index in [1.807, 2.05) is 29.1 Å². The van der Waals surface area contributed by atoms with Gasteiger partial charge < -0.3 is 9.80 Å². The summed E-state index contributed by atoms with van der Waals surface area (Å²) in [6.45, 7) is 9.97. The topological polar surface area (TPSA) is 51.2 Å². The summed E-state index contributed by atoms with van der Waals surface area (Å²) in [5, 5.41) is 0. The molecule has 0 fully saturated rings. The van der Waals surface area contributed by atoms with Crippen molar-refractivity contribution >= 4 is 7.82 Å². The molecular weight excluding hydrogens is 291 g/mol. The van der Waals surface area contributed by atoms with E-state index in [1.54, 1.807) is 13.8 Å². The Morgan fingerprint density at radius 3 is 2.14 bits per heavy atom. The second-order valence-electron chi connectivity index (χ2n) is 4.79. The van der Waals surface area contributed by atoms with Crippen LogP contribution in [-0.2, 0) is 18.1 Å². The Bertz CT molecular complexity index is 355. The number of nitrogens with zero attached hydrogens (tertiary/aromatic N) is 2. The summed E-state index contributed by atoms with van der Waals surface area (Å²) in [6, 6.07) is 0. The molecule has 0 aromatic heterocycles. The predicted molar refractivity (Wildman–Crippen MR) is 83.5 cm³/mol. The van der Waals surface area contributed by atoms with Gasteiger partial charge in [-0.1, -0.05) is 19.8 Å². The third-order valence-corrected chi connectivity index (χ3v) is 4.80. The van der Waals surface area contributed by atoms with Crippen LogP contribution in [0.25, 0.3) is 0 Å². The zero-order valence-corrected chi connectivity index (χ0v) is 14.6. The standard InChI is InChI=1S/C14H29N2O4P/c1-5-9-10-11-16-13-12-15(6-2)14(16)20-21(17,18-7-3)19-8-4/h12-14H,5-11H2,1-4H3. The fourth-order valence-corrected chi connectivity index (χ4v) is 3.45. The van der Waals surface area contributed by atoms with Gasteiger partial charge in [0.2, 0.25) is 6.35 Å². The Morgan fingerprint density at radius 2 is 1.62 bits per heavy atom. The van der Waals surface area contributed by atoms with Crippen LogP contribution in [0, 0.1) is 0 Å². The van der Waals surface area contributed by atoms with Crippen LogP contribution in [-0.4, -0.2) is 42.5 Å². The van der Waals surface area contributed by atoms with E-state index in [2.05, 4.69) is 6.92 Å². The van der Waals surface area contributed by atoms with Gasteiger partial charge in [-0.25, -0.2) is 9.09 Å². The molecule has 0 saturated heterocycles. The maximum absolute atomic E-state index is 12.6. The molecule has 0 amide bonds. The van der Waals surface area contributed by atoms with Crippen molar-refractivity contribution in [3.05, 3.63) is 12.4 Å². The number of phosphoric ester groups is 1. The highest BCUT2D eigenvalue weighted by Gasteiger charge is 2.36. The smallest absolute Gasteiger partial charge is 0.334 e. The Kier molecular flexibility index (Phi) is 8.34. The minimum Gasteiger partial charge on any atom is -0.334 e. The summed E-state index contributed by atoms with van der Waals surface area (Å²) < 4.78 is 28.7. The number of unbranched alkanes of at least 4 members (excludes halogenated alkanes) is 2. The van der Waals surface area contributed by atoms with Gasteiger partial charge >= 0.3 is 7.82 Å². The molecule has 21 heavy (non-hydrogen) atoms. The molecule has 0 aromatic carbocycles. The van der Waals surface area contributed by atoms with Crippen molar-refractivity contribution in [3.8, 4) is 0 Å². The van der Waals surface area contributed by atoms with Crippen molar-refractivity contribution in [1.29, 1.82) is 0 Å². The van der Waals surface area contributed by atoms with Gasteiger partial charge in [-0.2, -0.15) is 0 Å². The lowest BCUT2D eigenvalue weighted by atomic mass is 10.2. The Labute approximate surface area is 128 Å². The highest BCUT2D eigenvalue weighted by molar-refractivity contribution is 7.48. The molecule has 1 aliphatic heterocycles. The quantitative estimate of drug-likeness (QED) is 0.427. The summed E-state index contributed by atoms with van der Waals surface area (Å²) in [5.74, 6) is 0. The summed E-state index contributed by atoms with van der Waals surface area (Å²) in [7, 11) is -3.52. The SMILES string of the molecule is CCCCCN1C=CN(CC)C1OP(=O)(OCC)OCC. The van der Waals surface area contributed by atoms with Crippen molar-refractivity contribution in [2.45, 2.75) is 53.3 Å². The molecule has 0 N–H and O–H groups in total. The van der Waals surface area contributed by atoms with Crippen LogP contribution in [0.15, 0.2) is 12.4 Å². The molecule has 7 heteroatoms. The van der Waals surface area contributed by atoms with E-state index < -0.39 is 14.2 Å². The summed E-state index contributed by atoms with van der Waals surface area (Å²) in [6.07, 6.45) is 6.92. The normalized spacial score (nSPS) is 18.8. The van der Waals surface area contributed by atoms with Gasteiger partial charge in [0, 0.05) is 25.5 Å². The van der Waals surface area contributed by atoms with E-state index in [4.69, 9.17) is 13.6 Å². The average molecular weight is 320 g/mol. The number of hydrogen-bond acceptors (Lipinski definition) is 6. The van der Waals surface area contributed by atoms with Gasteiger partial charge in [0.15, 0.2) is 0 Å². The maximum atomic E-state index is 12.6. The van der Waals surface area contributed by atoms with Gasteiger partial charge in [-0.3, -0.25) is 9.05 Å². The molecule has 1 heterocycles. The minimum absolute atomic E-state index is 0.291. The van der Waals surface area contributed by atoms with E-state index in [-0.39, 0.29) is 0 Å². The van der Waals surface area contributed by atoms with Gasteiger partial charge in [0.05, 0.1) is 13.2 Å². The first-order valence-electron chi connectivity index (χ1n) is 7.87. The van der Waals surface area contributed by atoms with Gasteiger partial charge in [0.25, 0.3) is 0 Å². The highest BCUT2D eigenvalue weighted by Crippen LogP contribution is 2.51. The minimum atomic E-state index is -3.52. The van der Waals surface area contributed by atoms with Gasteiger partial charge in [-0.15, -0.1) is 0 Å². The fourth-order valence-electron chi connectivity index (χ4n) is 2.15. The summed E-state index contributed by atoms with van der Waals surface area (Å²) in [5.41, 5.74) is 0. The largest absolute Gasteiger partial charge is 0.478 e. The number of hydrogen-bond donors (Lipinski definition) is 0. The van der Waals surface area contributed by atoms with Crippen LogP contribution >= 0.6 is 7.82 Å². The molecule has 0 radical (unpaired) electrons. The molecule has 1 aliphatic rings. The van der Waals surface area contributed by atoms with Gasteiger partial charge in [0.1, 0.15) is 0 Å². The molecule has 1 rings (SSSR count). The van der Waals surface area contributed by atoms with Crippen molar-refractivity contribution in [3.63, 3.8) is 0 Å². The van der Waals surface area contributed by atoms with Crippen LogP contribution in [0.5, 0.6) is 0 Å². The molecule has 0 bridgehead atoms. The van der Waals surface area contributed by atoms with Crippen molar-refractivity contribution < 1.29 is 18.1 Å². The molecule has 0 spiro atoms. The lowest BCUT2D eigenvalue weighted by molar-refractivity contribution is -0.0523. The second kappa shape index (κ2) is 9.46. The molecule has 0 aromatic rings. The zero-order chi connectivity index (χ0) is 15.7. The van der Waals surface area contributed by atoms with Crippen LogP contribution in [0.4, 0.5) is 0 Å². The Balaban J connectivity index is 2.71. The van der Waals surface area contributed by atoms with Crippen molar-refractivity contribution in [2.75, 3.05) is 26.3 Å². The predicted octanol–water partition coefficient (Wildman–Crippen LogP) is 3.77. The van der Waals surface area contributed by atoms with E-state index >= 15 is 0 Å². The van der Waals surface area contributed by atoms with Crippen LogP contribution < -0.4 is 0 Å². The van der Waals surface area contributed by atoms with Crippen LogP contribution in [0.2, 0.25) is 0 Å². The molecule has 0 saturated carbocycles. The highest BCUT2D eigenvalue weighted by atomic mass is 31.2. The first-order chi connectivity index (χ1) is 10.1. The average Bonchev–Trinajstić information content (AvgIpc) is 2.81. The molecule has 1 unspecified atom stereocenters. The third-order valence-electron chi connectivity index (χ3n) is 3.20. The first-order valence-corrected chi connectivity index (χ1v) is 9.33. The molecule has 0 aliphatic carbocycles. The van der Waals surface area contributed by atoms with E-state index in [0.29, 0.717) is 13.2 Å². The Morgan fingerprint density at radius 1 is 1.00 bits per heavy atom. The van der Waals surface area contributed by atoms with E-state index in [0.717, 1.165) is 32.4 Å². The number of rotatable bonds is 11. The van der Waals surface area contributed by atoms with Gasteiger partial charge in [-0.05, 0) is 27.2 Å². The third kappa shape index (κ3) is 5.62. The summed E-state index contributed by atoms with van der Waals surface area (Å²) >= 11 is 0. The summed E-state index contributed by atoms with van der Waals surface area (Å²) in [4.78, 5) is 4.03. The zero-order valence-electron chi connectivity index (χ0n) is 13.7. The van der Waals surface area contributed by atoms with Crippen LogP contribution in [0.1, 0.15) is 47.0 Å². The monoisotopic (exact) mass is 320 g/mol. The molecule has 1 atom stereocenters. The molecule has 124 valence electrons. The first kappa shape index (κ1) is 18.5. The molecular formula is C14H29N2O4P.